The van der Waals surface area contributed by atoms with Gasteiger partial charge >= 0.3 is 17.9 Å². The minimum atomic E-state index is -0.784. The van der Waals surface area contributed by atoms with Crippen LogP contribution in [-0.2, 0) is 28.6 Å². The zero-order valence-corrected chi connectivity index (χ0v) is 44.4. The quantitative estimate of drug-likeness (QED) is 0.0262. The van der Waals surface area contributed by atoms with Crippen molar-refractivity contribution in [3.05, 3.63) is 60.8 Å². The summed E-state index contributed by atoms with van der Waals surface area (Å²) < 4.78 is 16.9. The molecule has 67 heavy (non-hydrogen) atoms. The zero-order valence-electron chi connectivity index (χ0n) is 44.4. The number of rotatable bonds is 52. The van der Waals surface area contributed by atoms with Gasteiger partial charge in [-0.3, -0.25) is 14.4 Å². The van der Waals surface area contributed by atoms with E-state index in [9.17, 15) is 14.4 Å². The van der Waals surface area contributed by atoms with Crippen molar-refractivity contribution in [1.29, 1.82) is 0 Å². The van der Waals surface area contributed by atoms with E-state index in [4.69, 9.17) is 14.2 Å². The van der Waals surface area contributed by atoms with Crippen molar-refractivity contribution in [1.82, 2.24) is 0 Å². The lowest BCUT2D eigenvalue weighted by atomic mass is 10.0. The summed E-state index contributed by atoms with van der Waals surface area (Å²) in [5, 5.41) is 0. The molecule has 0 bridgehead atoms. The maximum absolute atomic E-state index is 12.9. The van der Waals surface area contributed by atoms with E-state index in [1.54, 1.807) is 0 Å². The van der Waals surface area contributed by atoms with Gasteiger partial charge in [0.15, 0.2) is 6.10 Å². The number of esters is 3. The van der Waals surface area contributed by atoms with E-state index in [1.165, 1.54) is 154 Å². The lowest BCUT2D eigenvalue weighted by molar-refractivity contribution is -0.167. The highest BCUT2D eigenvalue weighted by molar-refractivity contribution is 5.71. The molecule has 0 saturated heterocycles. The molecule has 0 spiro atoms. The van der Waals surface area contributed by atoms with Crippen LogP contribution in [0.3, 0.4) is 0 Å². The summed E-state index contributed by atoms with van der Waals surface area (Å²) in [4.78, 5) is 38.1. The van der Waals surface area contributed by atoms with E-state index in [0.717, 1.165) is 96.3 Å². The summed E-state index contributed by atoms with van der Waals surface area (Å²) in [7, 11) is 0. The standard InChI is InChI=1S/C61H108O6/c1-4-7-10-13-16-19-22-25-27-29-30-32-33-36-39-42-45-48-51-54-60(63)66-57-58(56-65-59(62)53-50-47-44-41-38-35-24-21-18-15-12-9-6-3)67-61(64)55-52-49-46-43-40-37-34-31-28-26-23-20-17-14-11-8-5-2/h7,10,16,19,25,27,30,32,36,39,58H,4-6,8-9,11-15,17-18,20-24,26,28-29,31,33-35,37-38,40-57H2,1-3H3/b10-7-,19-16-,27-25-,32-30-,39-36-/t58-/m1/s1. The molecule has 6 heteroatoms. The highest BCUT2D eigenvalue weighted by Gasteiger charge is 2.19. The Kier molecular flexibility index (Phi) is 53.3. The summed E-state index contributed by atoms with van der Waals surface area (Å²) in [6, 6.07) is 0. The van der Waals surface area contributed by atoms with Crippen molar-refractivity contribution in [3.8, 4) is 0 Å². The van der Waals surface area contributed by atoms with Gasteiger partial charge in [-0.2, -0.15) is 0 Å². The van der Waals surface area contributed by atoms with Gasteiger partial charge in [0.1, 0.15) is 13.2 Å². The van der Waals surface area contributed by atoms with Gasteiger partial charge in [0.25, 0.3) is 0 Å². The van der Waals surface area contributed by atoms with Crippen molar-refractivity contribution >= 4 is 17.9 Å². The first-order valence-electron chi connectivity index (χ1n) is 28.8. The number of carbonyl (C=O) groups is 3. The van der Waals surface area contributed by atoms with E-state index < -0.39 is 6.10 Å². The smallest absolute Gasteiger partial charge is 0.306 e. The Hall–Kier alpha value is -2.89. The van der Waals surface area contributed by atoms with Gasteiger partial charge in [0.2, 0.25) is 0 Å². The Morgan fingerprint density at radius 1 is 0.313 bits per heavy atom. The molecular weight excluding hydrogens is 829 g/mol. The average molecular weight is 938 g/mol. The van der Waals surface area contributed by atoms with E-state index in [-0.39, 0.29) is 31.1 Å². The second-order valence-corrected chi connectivity index (χ2v) is 19.2. The van der Waals surface area contributed by atoms with Gasteiger partial charge in [-0.15, -0.1) is 0 Å². The zero-order chi connectivity index (χ0) is 48.6. The fourth-order valence-corrected chi connectivity index (χ4v) is 8.24. The Morgan fingerprint density at radius 3 is 0.910 bits per heavy atom. The summed E-state index contributed by atoms with van der Waals surface area (Å²) in [5.74, 6) is -0.900. The molecule has 0 aromatic rings. The van der Waals surface area contributed by atoms with Crippen LogP contribution in [-0.4, -0.2) is 37.2 Å². The largest absolute Gasteiger partial charge is 0.462 e. The van der Waals surface area contributed by atoms with E-state index in [2.05, 4.69) is 81.5 Å². The molecule has 0 rings (SSSR count). The average Bonchev–Trinajstić information content (AvgIpc) is 3.33. The van der Waals surface area contributed by atoms with E-state index >= 15 is 0 Å². The number of carbonyl (C=O) groups excluding carboxylic acids is 3. The molecule has 388 valence electrons. The van der Waals surface area contributed by atoms with E-state index in [0.29, 0.717) is 19.3 Å². The first kappa shape index (κ1) is 64.1. The normalized spacial score (nSPS) is 12.5. The Labute approximate surface area is 415 Å². The third-order valence-electron chi connectivity index (χ3n) is 12.5. The van der Waals surface area contributed by atoms with Crippen LogP contribution in [0.2, 0.25) is 0 Å². The number of hydrogen-bond acceptors (Lipinski definition) is 6. The fourth-order valence-electron chi connectivity index (χ4n) is 8.24. The van der Waals surface area contributed by atoms with Crippen LogP contribution in [0.25, 0.3) is 0 Å². The molecule has 0 aliphatic rings. The fraction of sp³-hybridized carbons (Fsp3) is 0.787. The van der Waals surface area contributed by atoms with Crippen LogP contribution in [0.4, 0.5) is 0 Å². The maximum atomic E-state index is 12.9. The molecule has 0 amide bonds. The van der Waals surface area contributed by atoms with Crippen LogP contribution >= 0.6 is 0 Å². The molecular formula is C61H108O6. The predicted octanol–water partition coefficient (Wildman–Crippen LogP) is 19.2. The molecule has 0 unspecified atom stereocenters. The molecule has 0 aromatic carbocycles. The lowest BCUT2D eigenvalue weighted by Gasteiger charge is -2.18. The van der Waals surface area contributed by atoms with Gasteiger partial charge in [-0.05, 0) is 64.2 Å². The molecule has 0 heterocycles. The number of allylic oxidation sites excluding steroid dienone is 10. The topological polar surface area (TPSA) is 78.9 Å². The molecule has 6 nitrogen and oxygen atoms in total. The second-order valence-electron chi connectivity index (χ2n) is 19.2. The first-order valence-corrected chi connectivity index (χ1v) is 28.8. The van der Waals surface area contributed by atoms with Gasteiger partial charge in [-0.25, -0.2) is 0 Å². The first-order chi connectivity index (χ1) is 33.0. The Morgan fingerprint density at radius 2 is 0.582 bits per heavy atom. The van der Waals surface area contributed by atoms with Crippen molar-refractivity contribution in [2.45, 2.75) is 297 Å². The maximum Gasteiger partial charge on any atom is 0.306 e. The van der Waals surface area contributed by atoms with Crippen LogP contribution in [0.15, 0.2) is 60.8 Å². The van der Waals surface area contributed by atoms with E-state index in [1.807, 2.05) is 0 Å². The van der Waals surface area contributed by atoms with Crippen molar-refractivity contribution in [3.63, 3.8) is 0 Å². The van der Waals surface area contributed by atoms with Crippen molar-refractivity contribution in [2.24, 2.45) is 0 Å². The summed E-state index contributed by atoms with van der Waals surface area (Å²) in [6.07, 6.45) is 69.2. The Bertz CT molecular complexity index is 1210. The van der Waals surface area contributed by atoms with Crippen LogP contribution in [0.5, 0.6) is 0 Å². The summed E-state index contributed by atoms with van der Waals surface area (Å²) in [6.45, 7) is 6.53. The van der Waals surface area contributed by atoms with Crippen LogP contribution in [0, 0.1) is 0 Å². The minimum Gasteiger partial charge on any atom is -0.462 e. The SMILES string of the molecule is CC/C=C\C/C=C\C/C=C\C/C=C\C/C=C\CCCCCC(=O)OC[C@@H](COC(=O)CCCCCCCCCCCCCCC)OC(=O)CCCCCCCCCCCCCCCCCCC. The van der Waals surface area contributed by atoms with Crippen molar-refractivity contribution in [2.75, 3.05) is 13.2 Å². The monoisotopic (exact) mass is 937 g/mol. The number of unbranched alkanes of at least 4 members (excludes halogenated alkanes) is 31. The van der Waals surface area contributed by atoms with Crippen LogP contribution < -0.4 is 0 Å². The highest BCUT2D eigenvalue weighted by atomic mass is 16.6. The second kappa shape index (κ2) is 55.7. The minimum absolute atomic E-state index is 0.0808. The Balaban J connectivity index is 4.40. The van der Waals surface area contributed by atoms with Gasteiger partial charge < -0.3 is 14.2 Å². The predicted molar refractivity (Wildman–Crippen MR) is 288 cm³/mol. The molecule has 0 aliphatic carbocycles. The van der Waals surface area contributed by atoms with Crippen molar-refractivity contribution < 1.29 is 28.6 Å². The molecule has 0 fully saturated rings. The molecule has 1 atom stereocenters. The van der Waals surface area contributed by atoms with Gasteiger partial charge in [0.05, 0.1) is 0 Å². The third kappa shape index (κ3) is 53.9. The molecule has 0 aliphatic heterocycles. The molecule has 0 radical (unpaired) electrons. The number of ether oxygens (including phenoxy) is 3. The summed E-state index contributed by atoms with van der Waals surface area (Å²) >= 11 is 0. The molecule has 0 saturated carbocycles. The summed E-state index contributed by atoms with van der Waals surface area (Å²) in [5.41, 5.74) is 0. The number of hydrogen-bond donors (Lipinski definition) is 0. The highest BCUT2D eigenvalue weighted by Crippen LogP contribution is 2.16. The van der Waals surface area contributed by atoms with Gasteiger partial charge in [0, 0.05) is 19.3 Å². The lowest BCUT2D eigenvalue weighted by Crippen LogP contribution is -2.30. The molecule has 0 aromatic heterocycles. The van der Waals surface area contributed by atoms with Gasteiger partial charge in [-0.1, -0.05) is 268 Å². The van der Waals surface area contributed by atoms with Crippen LogP contribution in [0.1, 0.15) is 290 Å². The third-order valence-corrected chi connectivity index (χ3v) is 12.5. The molecule has 0 N–H and O–H groups in total.